The van der Waals surface area contributed by atoms with E-state index in [4.69, 9.17) is 4.74 Å². The van der Waals surface area contributed by atoms with E-state index in [2.05, 4.69) is 32.7 Å². The van der Waals surface area contributed by atoms with E-state index < -0.39 is 0 Å². The Morgan fingerprint density at radius 1 is 1.50 bits per heavy atom. The molecule has 1 aromatic rings. The van der Waals surface area contributed by atoms with Crippen molar-refractivity contribution in [1.82, 2.24) is 10.2 Å². The number of esters is 1. The molecule has 0 aromatic carbocycles. The van der Waals surface area contributed by atoms with Gasteiger partial charge in [0, 0.05) is 38.5 Å². The summed E-state index contributed by atoms with van der Waals surface area (Å²) < 4.78 is 4.90. The smallest absolute Gasteiger partial charge is 0.305 e. The normalized spacial score (nSPS) is 10.8. The molecule has 1 N–H and O–H groups in total. The van der Waals surface area contributed by atoms with Gasteiger partial charge in [0.1, 0.15) is 0 Å². The minimum Gasteiger partial charge on any atom is -0.466 e. The fourth-order valence-electron chi connectivity index (χ4n) is 1.89. The second kappa shape index (κ2) is 12.7. The molecular formula is C15H26IN3O2S. The number of hydrogen-bond donors (Lipinski definition) is 1. The maximum Gasteiger partial charge on any atom is 0.305 e. The molecule has 1 aromatic heterocycles. The Labute approximate surface area is 154 Å². The lowest BCUT2D eigenvalue weighted by molar-refractivity contribution is -0.143. The number of ether oxygens (including phenoxy) is 1. The molecular weight excluding hydrogens is 413 g/mol. The summed E-state index contributed by atoms with van der Waals surface area (Å²) in [6.07, 6.45) is 2.20. The first-order valence-corrected chi connectivity index (χ1v) is 8.15. The lowest BCUT2D eigenvalue weighted by Crippen LogP contribution is -2.40. The monoisotopic (exact) mass is 439 g/mol. The first kappa shape index (κ1) is 21.2. The van der Waals surface area contributed by atoms with Gasteiger partial charge in [0.15, 0.2) is 5.96 Å². The highest BCUT2D eigenvalue weighted by Crippen LogP contribution is 2.09. The van der Waals surface area contributed by atoms with Crippen molar-refractivity contribution in [2.75, 3.05) is 33.8 Å². The van der Waals surface area contributed by atoms with Gasteiger partial charge < -0.3 is 15.0 Å². The number of carbonyl (C=O) groups excluding carboxylic acids is 1. The Morgan fingerprint density at radius 2 is 2.27 bits per heavy atom. The fourth-order valence-corrected chi connectivity index (χ4v) is 2.59. The van der Waals surface area contributed by atoms with Gasteiger partial charge in [0.05, 0.1) is 6.61 Å². The van der Waals surface area contributed by atoms with Gasteiger partial charge in [-0.05, 0) is 31.2 Å². The molecule has 0 radical (unpaired) electrons. The number of halogens is 1. The maximum absolute atomic E-state index is 11.2. The van der Waals surface area contributed by atoms with Crippen molar-refractivity contribution in [2.45, 2.75) is 26.2 Å². The molecule has 0 saturated carbocycles. The van der Waals surface area contributed by atoms with E-state index in [0.717, 1.165) is 31.9 Å². The molecule has 1 rings (SSSR count). The minimum atomic E-state index is -0.139. The number of nitrogens with one attached hydrogen (secondary N) is 1. The summed E-state index contributed by atoms with van der Waals surface area (Å²) in [4.78, 5) is 19.0. The average molecular weight is 439 g/mol. The molecule has 0 amide bonds. The molecule has 1 heterocycles. The van der Waals surface area contributed by atoms with Crippen LogP contribution < -0.4 is 5.32 Å². The zero-order valence-electron chi connectivity index (χ0n) is 13.5. The number of thiophene rings is 1. The van der Waals surface area contributed by atoms with E-state index in [1.807, 2.05) is 14.0 Å². The molecule has 0 saturated heterocycles. The third kappa shape index (κ3) is 8.57. The van der Waals surface area contributed by atoms with E-state index in [0.29, 0.717) is 13.0 Å². The lowest BCUT2D eigenvalue weighted by atomic mass is 10.3. The molecule has 0 aliphatic heterocycles. The number of hydrogen-bond acceptors (Lipinski definition) is 4. The van der Waals surface area contributed by atoms with Crippen molar-refractivity contribution < 1.29 is 9.53 Å². The van der Waals surface area contributed by atoms with Crippen LogP contribution in [0.5, 0.6) is 0 Å². The molecule has 0 unspecified atom stereocenters. The molecule has 0 aliphatic carbocycles. The third-order valence-electron chi connectivity index (χ3n) is 2.99. The fraction of sp³-hybridized carbons (Fsp3) is 0.600. The molecule has 7 heteroatoms. The van der Waals surface area contributed by atoms with Crippen LogP contribution in [0, 0.1) is 0 Å². The number of likely N-dealkylation sites (N-methyl/N-ethyl adjacent to an activating group) is 1. The van der Waals surface area contributed by atoms with E-state index in [1.165, 1.54) is 4.88 Å². The summed E-state index contributed by atoms with van der Waals surface area (Å²) in [5.74, 6) is 0.718. The Hall–Kier alpha value is -0.830. The summed E-state index contributed by atoms with van der Waals surface area (Å²) >= 11 is 1.78. The van der Waals surface area contributed by atoms with Crippen LogP contribution in [-0.2, 0) is 16.0 Å². The zero-order valence-corrected chi connectivity index (χ0v) is 16.6. The van der Waals surface area contributed by atoms with Crippen LogP contribution in [0.2, 0.25) is 0 Å². The first-order valence-electron chi connectivity index (χ1n) is 7.27. The summed E-state index contributed by atoms with van der Waals surface area (Å²) in [6.45, 7) is 3.90. The third-order valence-corrected chi connectivity index (χ3v) is 3.93. The molecule has 0 fully saturated rings. The molecule has 0 bridgehead atoms. The Morgan fingerprint density at radius 3 is 2.86 bits per heavy atom. The van der Waals surface area contributed by atoms with Crippen molar-refractivity contribution in [3.05, 3.63) is 22.4 Å². The highest BCUT2D eigenvalue weighted by atomic mass is 127. The van der Waals surface area contributed by atoms with Crippen LogP contribution in [0.3, 0.4) is 0 Å². The quantitative estimate of drug-likeness (QED) is 0.223. The Bertz CT molecular complexity index is 438. The minimum absolute atomic E-state index is 0. The Balaban J connectivity index is 0.00000441. The van der Waals surface area contributed by atoms with Gasteiger partial charge >= 0.3 is 5.97 Å². The molecule has 22 heavy (non-hydrogen) atoms. The van der Waals surface area contributed by atoms with Crippen molar-refractivity contribution >= 4 is 47.2 Å². The van der Waals surface area contributed by atoms with E-state index in [1.54, 1.807) is 18.4 Å². The van der Waals surface area contributed by atoms with E-state index in [-0.39, 0.29) is 29.9 Å². The largest absolute Gasteiger partial charge is 0.466 e. The van der Waals surface area contributed by atoms with Crippen LogP contribution in [-0.4, -0.2) is 50.6 Å². The standard InChI is InChI=1S/C15H25N3O2S.HI/c1-4-20-14(19)8-5-10-17-15(16-2)18(3)11-9-13-7-6-12-21-13;/h6-7,12H,4-5,8-11H2,1-3H3,(H,16,17);1H. The van der Waals surface area contributed by atoms with Crippen molar-refractivity contribution in [2.24, 2.45) is 4.99 Å². The number of carbonyl (C=O) groups is 1. The summed E-state index contributed by atoms with van der Waals surface area (Å²) in [5, 5.41) is 5.36. The van der Waals surface area contributed by atoms with Crippen molar-refractivity contribution in [3.63, 3.8) is 0 Å². The van der Waals surface area contributed by atoms with Crippen molar-refractivity contribution in [3.8, 4) is 0 Å². The summed E-state index contributed by atoms with van der Waals surface area (Å²) in [6, 6.07) is 4.22. The van der Waals surface area contributed by atoms with E-state index >= 15 is 0 Å². The predicted octanol–water partition coefficient (Wildman–Crippen LogP) is 2.76. The molecule has 126 valence electrons. The van der Waals surface area contributed by atoms with Crippen LogP contribution >= 0.6 is 35.3 Å². The van der Waals surface area contributed by atoms with Gasteiger partial charge in [-0.15, -0.1) is 35.3 Å². The highest BCUT2D eigenvalue weighted by Gasteiger charge is 2.07. The van der Waals surface area contributed by atoms with Crippen molar-refractivity contribution in [1.29, 1.82) is 0 Å². The van der Waals surface area contributed by atoms with Crippen LogP contribution in [0.15, 0.2) is 22.5 Å². The number of nitrogens with zero attached hydrogens (tertiary/aromatic N) is 2. The van der Waals surface area contributed by atoms with Gasteiger partial charge in [0.25, 0.3) is 0 Å². The number of guanidine groups is 1. The molecule has 5 nitrogen and oxygen atoms in total. The molecule has 0 aliphatic rings. The van der Waals surface area contributed by atoms with Crippen LogP contribution in [0.4, 0.5) is 0 Å². The average Bonchev–Trinajstić information content (AvgIpc) is 2.98. The summed E-state index contributed by atoms with van der Waals surface area (Å²) in [7, 11) is 3.80. The number of rotatable bonds is 8. The zero-order chi connectivity index (χ0) is 15.5. The van der Waals surface area contributed by atoms with Gasteiger partial charge in [-0.3, -0.25) is 9.79 Å². The van der Waals surface area contributed by atoms with Gasteiger partial charge in [0.2, 0.25) is 0 Å². The second-order valence-corrected chi connectivity index (χ2v) is 5.67. The lowest BCUT2D eigenvalue weighted by Gasteiger charge is -2.21. The van der Waals surface area contributed by atoms with Crippen LogP contribution in [0.25, 0.3) is 0 Å². The van der Waals surface area contributed by atoms with Gasteiger partial charge in [-0.25, -0.2) is 0 Å². The second-order valence-electron chi connectivity index (χ2n) is 4.63. The van der Waals surface area contributed by atoms with Gasteiger partial charge in [-0.2, -0.15) is 0 Å². The molecule has 0 atom stereocenters. The maximum atomic E-state index is 11.2. The Kier molecular flexibility index (Phi) is 12.2. The highest BCUT2D eigenvalue weighted by molar-refractivity contribution is 14.0. The topological polar surface area (TPSA) is 53.9 Å². The predicted molar refractivity (Wildman–Crippen MR) is 103 cm³/mol. The van der Waals surface area contributed by atoms with Gasteiger partial charge in [-0.1, -0.05) is 6.07 Å². The van der Waals surface area contributed by atoms with Crippen LogP contribution in [0.1, 0.15) is 24.6 Å². The SMILES string of the molecule is CCOC(=O)CCCNC(=NC)N(C)CCc1cccs1.I. The van der Waals surface area contributed by atoms with E-state index in [9.17, 15) is 4.79 Å². The number of aliphatic imine (C=N–C) groups is 1. The molecule has 0 spiro atoms. The first-order chi connectivity index (χ1) is 10.2. The summed E-state index contributed by atoms with van der Waals surface area (Å²) in [5.41, 5.74) is 0.